The predicted molar refractivity (Wildman–Crippen MR) is 45.5 cm³/mol. The van der Waals surface area contributed by atoms with Crippen molar-refractivity contribution in [2.45, 2.75) is 0 Å². The summed E-state index contributed by atoms with van der Waals surface area (Å²) in [6, 6.07) is 0. The highest BCUT2D eigenvalue weighted by Crippen LogP contribution is 2.08. The van der Waals surface area contributed by atoms with E-state index in [-0.39, 0.29) is 0 Å². The summed E-state index contributed by atoms with van der Waals surface area (Å²) < 4.78 is 0. The Balaban J connectivity index is 3.57. The van der Waals surface area contributed by atoms with Crippen LogP contribution in [0.2, 0.25) is 0 Å². The Morgan fingerprint density at radius 1 is 1.56 bits per heavy atom. The molecule has 0 N–H and O–H groups in total. The molecule has 0 aliphatic heterocycles. The van der Waals surface area contributed by atoms with E-state index in [0.29, 0.717) is 0 Å². The summed E-state index contributed by atoms with van der Waals surface area (Å²) in [5, 5.41) is 0. The third kappa shape index (κ3) is 5.50. The largest absolute Gasteiger partial charge is 0.383 e. The van der Waals surface area contributed by atoms with E-state index in [9.17, 15) is 0 Å². The van der Waals surface area contributed by atoms with Gasteiger partial charge >= 0.3 is 0 Å². The Morgan fingerprint density at radius 3 is 2.44 bits per heavy atom. The van der Waals surface area contributed by atoms with E-state index in [1.165, 1.54) is 0 Å². The molecular formula is C7H13NS. The van der Waals surface area contributed by atoms with Gasteiger partial charge in [-0.3, -0.25) is 0 Å². The first-order valence-corrected chi connectivity index (χ1v) is 3.97. The molecule has 0 aliphatic rings. The Bertz CT molecular complexity index is 116. The minimum absolute atomic E-state index is 1.09. The van der Waals surface area contributed by atoms with Gasteiger partial charge in [0, 0.05) is 19.0 Å². The zero-order valence-electron chi connectivity index (χ0n) is 6.22. The average Bonchev–Trinajstić information content (AvgIpc) is 1.83. The normalized spacial score (nSPS) is 10.1. The van der Waals surface area contributed by atoms with Crippen LogP contribution in [0.15, 0.2) is 23.8 Å². The molecule has 0 unspecified atom stereocenters. The predicted octanol–water partition coefficient (Wildman–Crippen LogP) is 1.94. The van der Waals surface area contributed by atoms with Gasteiger partial charge < -0.3 is 4.90 Å². The molecule has 0 aromatic heterocycles. The van der Waals surface area contributed by atoms with Crippen molar-refractivity contribution in [3.8, 4) is 0 Å². The van der Waals surface area contributed by atoms with Crippen molar-refractivity contribution in [1.82, 2.24) is 4.90 Å². The number of allylic oxidation sites excluding steroid dienone is 1. The van der Waals surface area contributed by atoms with Crippen molar-refractivity contribution in [2.24, 2.45) is 0 Å². The lowest BCUT2D eigenvalue weighted by Gasteiger charge is -2.02. The van der Waals surface area contributed by atoms with Crippen molar-refractivity contribution in [3.05, 3.63) is 23.8 Å². The van der Waals surface area contributed by atoms with Crippen molar-refractivity contribution in [2.75, 3.05) is 20.4 Å². The molecule has 9 heavy (non-hydrogen) atoms. The van der Waals surface area contributed by atoms with Crippen LogP contribution < -0.4 is 0 Å². The van der Waals surface area contributed by atoms with Crippen LogP contribution in [0.1, 0.15) is 0 Å². The van der Waals surface area contributed by atoms with Gasteiger partial charge in [-0.05, 0) is 18.5 Å². The topological polar surface area (TPSA) is 3.24 Å². The summed E-state index contributed by atoms with van der Waals surface area (Å²) >= 11 is 1.66. The van der Waals surface area contributed by atoms with E-state index in [4.69, 9.17) is 0 Å². The average molecular weight is 143 g/mol. The summed E-state index contributed by atoms with van der Waals surface area (Å²) in [5.74, 6) is 0. The highest BCUT2D eigenvalue weighted by Gasteiger charge is 1.80. The van der Waals surface area contributed by atoms with Crippen LogP contribution in [0.3, 0.4) is 0 Å². The number of hydrogen-bond donors (Lipinski definition) is 0. The van der Waals surface area contributed by atoms with Crippen LogP contribution in [0.25, 0.3) is 0 Å². The molecule has 0 radical (unpaired) electrons. The summed E-state index contributed by atoms with van der Waals surface area (Å²) in [4.78, 5) is 3.07. The van der Waals surface area contributed by atoms with E-state index in [0.717, 1.165) is 4.91 Å². The van der Waals surface area contributed by atoms with Gasteiger partial charge in [-0.25, -0.2) is 0 Å². The van der Waals surface area contributed by atoms with Gasteiger partial charge in [0.15, 0.2) is 0 Å². The fourth-order valence-corrected chi connectivity index (χ4v) is 0.497. The highest BCUT2D eigenvalue weighted by molar-refractivity contribution is 8.02. The van der Waals surface area contributed by atoms with Crippen molar-refractivity contribution in [1.29, 1.82) is 0 Å². The van der Waals surface area contributed by atoms with Crippen LogP contribution in [0.5, 0.6) is 0 Å². The molecular weight excluding hydrogens is 130 g/mol. The van der Waals surface area contributed by atoms with Gasteiger partial charge in [0.05, 0.1) is 0 Å². The molecule has 0 atom stereocenters. The molecule has 0 saturated heterocycles. The number of rotatable bonds is 3. The zero-order valence-corrected chi connectivity index (χ0v) is 7.03. The Morgan fingerprint density at radius 2 is 2.11 bits per heavy atom. The monoisotopic (exact) mass is 143 g/mol. The van der Waals surface area contributed by atoms with Crippen molar-refractivity contribution in [3.63, 3.8) is 0 Å². The molecule has 0 heterocycles. The minimum atomic E-state index is 1.09. The second kappa shape index (κ2) is 4.50. The number of thioether (sulfide) groups is 1. The molecule has 0 spiro atoms. The van der Waals surface area contributed by atoms with E-state index < -0.39 is 0 Å². The lowest BCUT2D eigenvalue weighted by atomic mass is 10.6. The van der Waals surface area contributed by atoms with Gasteiger partial charge in [0.2, 0.25) is 0 Å². The van der Waals surface area contributed by atoms with Gasteiger partial charge in [-0.1, -0.05) is 6.58 Å². The summed E-state index contributed by atoms with van der Waals surface area (Å²) in [6.07, 6.45) is 5.99. The van der Waals surface area contributed by atoms with Gasteiger partial charge in [0.25, 0.3) is 0 Å². The molecule has 1 nitrogen and oxygen atoms in total. The standard InChI is InChI=1S/C7H13NS/c1-7(9-4)5-6-8(2)3/h5-6H,1H2,2-4H3/b6-5+. The SMILES string of the molecule is C=C(/C=C/N(C)C)SC. The Kier molecular flexibility index (Phi) is 4.32. The summed E-state index contributed by atoms with van der Waals surface area (Å²) in [7, 11) is 3.98. The molecule has 0 bridgehead atoms. The fraction of sp³-hybridized carbons (Fsp3) is 0.429. The van der Waals surface area contributed by atoms with Gasteiger partial charge in [-0.2, -0.15) is 0 Å². The maximum Gasteiger partial charge on any atom is 0.00556 e. The molecule has 0 aromatic rings. The zero-order chi connectivity index (χ0) is 7.28. The number of nitrogens with zero attached hydrogens (tertiary/aromatic N) is 1. The van der Waals surface area contributed by atoms with Crippen LogP contribution >= 0.6 is 11.8 Å². The molecule has 0 aliphatic carbocycles. The van der Waals surface area contributed by atoms with Crippen LogP contribution in [0, 0.1) is 0 Å². The van der Waals surface area contributed by atoms with Gasteiger partial charge in [-0.15, -0.1) is 11.8 Å². The van der Waals surface area contributed by atoms with Crippen molar-refractivity contribution >= 4 is 11.8 Å². The summed E-state index contributed by atoms with van der Waals surface area (Å²) in [5.41, 5.74) is 0. The number of hydrogen-bond acceptors (Lipinski definition) is 2. The Labute approximate surface area is 61.4 Å². The Hall–Kier alpha value is -0.370. The van der Waals surface area contributed by atoms with Crippen LogP contribution in [0.4, 0.5) is 0 Å². The minimum Gasteiger partial charge on any atom is -0.383 e. The first-order valence-electron chi connectivity index (χ1n) is 2.74. The first kappa shape index (κ1) is 8.63. The lowest BCUT2D eigenvalue weighted by Crippen LogP contribution is -1.99. The molecule has 0 fully saturated rings. The van der Waals surface area contributed by atoms with E-state index >= 15 is 0 Å². The quantitative estimate of drug-likeness (QED) is 0.555. The molecule has 0 rings (SSSR count). The van der Waals surface area contributed by atoms with Crippen molar-refractivity contribution < 1.29 is 0 Å². The second-order valence-electron chi connectivity index (χ2n) is 1.95. The van der Waals surface area contributed by atoms with E-state index in [2.05, 4.69) is 6.58 Å². The van der Waals surface area contributed by atoms with E-state index in [1.807, 2.05) is 37.5 Å². The third-order valence-corrected chi connectivity index (χ3v) is 1.48. The van der Waals surface area contributed by atoms with Crippen LogP contribution in [-0.2, 0) is 0 Å². The lowest BCUT2D eigenvalue weighted by molar-refractivity contribution is 0.564. The van der Waals surface area contributed by atoms with Gasteiger partial charge in [0.1, 0.15) is 0 Å². The third-order valence-electron chi connectivity index (χ3n) is 0.821. The highest BCUT2D eigenvalue weighted by atomic mass is 32.2. The fourth-order valence-electron chi connectivity index (χ4n) is 0.300. The summed E-state index contributed by atoms with van der Waals surface area (Å²) in [6.45, 7) is 3.79. The molecule has 0 saturated carbocycles. The maximum atomic E-state index is 3.79. The van der Waals surface area contributed by atoms with E-state index in [1.54, 1.807) is 11.8 Å². The van der Waals surface area contributed by atoms with Crippen LogP contribution in [-0.4, -0.2) is 25.3 Å². The molecule has 2 heteroatoms. The molecule has 0 aromatic carbocycles. The maximum absolute atomic E-state index is 3.79. The second-order valence-corrected chi connectivity index (χ2v) is 2.88. The molecule has 52 valence electrons. The first-order chi connectivity index (χ1) is 4.16. The molecule has 0 amide bonds. The smallest absolute Gasteiger partial charge is 0.00556 e.